The molecule has 0 fully saturated rings. The van der Waals surface area contributed by atoms with E-state index in [1.165, 1.54) is 26.4 Å². The summed E-state index contributed by atoms with van der Waals surface area (Å²) in [4.78, 5) is 11.1. The number of hydrogen-bond donors (Lipinski definition) is 0. The van der Waals surface area contributed by atoms with Crippen LogP contribution in [-0.4, -0.2) is 27.5 Å². The summed E-state index contributed by atoms with van der Waals surface area (Å²) in [5.41, 5.74) is 0. The van der Waals surface area contributed by atoms with Gasteiger partial charge in [0.15, 0.2) is 8.32 Å². The van der Waals surface area contributed by atoms with Crippen LogP contribution in [0.3, 0.4) is 0 Å². The van der Waals surface area contributed by atoms with E-state index >= 15 is 0 Å². The van der Waals surface area contributed by atoms with Crippen molar-refractivity contribution in [2.75, 3.05) is 7.11 Å². The summed E-state index contributed by atoms with van der Waals surface area (Å²) in [5, 5.41) is 0. The molecule has 0 aromatic rings. The first kappa shape index (κ1) is 24.9. The van der Waals surface area contributed by atoms with Gasteiger partial charge in [-0.2, -0.15) is 0 Å². The number of methoxy groups -OCH3 is 1. The highest BCUT2D eigenvalue weighted by Gasteiger charge is 2.18. The van der Waals surface area contributed by atoms with Crippen molar-refractivity contribution in [2.24, 2.45) is 0 Å². The molecule has 0 amide bonds. The Bertz CT molecular complexity index is 433. The van der Waals surface area contributed by atoms with Crippen LogP contribution in [0.15, 0.2) is 36.5 Å². The maximum Gasteiger partial charge on any atom is 0.305 e. The number of carbonyl (C=O) groups excluding carboxylic acids is 1. The Kier molecular flexibility index (Phi) is 15.4. The average Bonchev–Trinajstić information content (AvgIpc) is 2.58. The molecule has 0 heterocycles. The molecular formula is C22H40O3Si. The molecule has 0 spiro atoms. The SMILES string of the molecule is CC/C=C\C/C=C\C=C\C(CCCCCCC[14C](=O)OC)O[Si](C)(C)C. The fourth-order valence-electron chi connectivity index (χ4n) is 2.58. The van der Waals surface area contributed by atoms with Crippen LogP contribution in [0.2, 0.25) is 19.6 Å². The van der Waals surface area contributed by atoms with Crippen LogP contribution in [0.25, 0.3) is 0 Å². The van der Waals surface area contributed by atoms with Crippen molar-refractivity contribution in [2.45, 2.75) is 90.5 Å². The molecule has 0 bridgehead atoms. The summed E-state index contributed by atoms with van der Waals surface area (Å²) in [5.74, 6) is -0.100. The monoisotopic (exact) mass is 382 g/mol. The van der Waals surface area contributed by atoms with Gasteiger partial charge in [-0.1, -0.05) is 69.1 Å². The fraction of sp³-hybridized carbons (Fsp3) is 0.682. The van der Waals surface area contributed by atoms with Gasteiger partial charge >= 0.3 is 5.97 Å². The van der Waals surface area contributed by atoms with E-state index in [-0.39, 0.29) is 12.1 Å². The van der Waals surface area contributed by atoms with Crippen LogP contribution < -0.4 is 0 Å². The third-order valence-electron chi connectivity index (χ3n) is 3.85. The predicted molar refractivity (Wildman–Crippen MR) is 115 cm³/mol. The number of hydrogen-bond acceptors (Lipinski definition) is 3. The standard InChI is InChI=1S/C22H40O3Si/c1-6-7-8-9-10-12-15-18-21(25-26(3,4)5)19-16-13-11-14-17-20-22(23)24-2/h7-8,10,12,15,18,21H,6,9,11,13-14,16-17,19-20H2,1-5H3/b8-7-,12-10-,18-15+/i22+2. The molecule has 4 heteroatoms. The normalized spacial score (nSPS) is 13.9. The first-order valence-corrected chi connectivity index (χ1v) is 13.5. The van der Waals surface area contributed by atoms with Crippen LogP contribution in [0.5, 0.6) is 0 Å². The second kappa shape index (κ2) is 16.1. The lowest BCUT2D eigenvalue weighted by Crippen LogP contribution is -2.31. The molecule has 0 saturated carbocycles. The first-order chi connectivity index (χ1) is 12.4. The van der Waals surface area contributed by atoms with Crippen molar-refractivity contribution in [3.63, 3.8) is 0 Å². The highest BCUT2D eigenvalue weighted by molar-refractivity contribution is 6.69. The molecular weight excluding hydrogens is 342 g/mol. The zero-order chi connectivity index (χ0) is 19.7. The Morgan fingerprint density at radius 1 is 0.962 bits per heavy atom. The van der Waals surface area contributed by atoms with Gasteiger partial charge in [0.2, 0.25) is 0 Å². The quantitative estimate of drug-likeness (QED) is 0.105. The molecule has 0 aliphatic heterocycles. The number of rotatable bonds is 15. The number of allylic oxidation sites excluding steroid dienone is 5. The van der Waals surface area contributed by atoms with E-state index in [2.05, 4.69) is 67.8 Å². The van der Waals surface area contributed by atoms with E-state index in [4.69, 9.17) is 4.43 Å². The highest BCUT2D eigenvalue weighted by atomic mass is 28.4. The Labute approximate surface area is 162 Å². The molecule has 0 N–H and O–H groups in total. The van der Waals surface area contributed by atoms with Gasteiger partial charge in [0.1, 0.15) is 0 Å². The molecule has 0 aliphatic rings. The van der Waals surface area contributed by atoms with Crippen molar-refractivity contribution in [3.05, 3.63) is 36.5 Å². The lowest BCUT2D eigenvalue weighted by Gasteiger charge is -2.24. The van der Waals surface area contributed by atoms with Gasteiger partial charge in [-0.3, -0.25) is 4.79 Å². The van der Waals surface area contributed by atoms with E-state index in [0.29, 0.717) is 6.42 Å². The van der Waals surface area contributed by atoms with E-state index in [0.717, 1.165) is 32.1 Å². The van der Waals surface area contributed by atoms with Crippen LogP contribution in [0, 0.1) is 0 Å². The Morgan fingerprint density at radius 2 is 1.65 bits per heavy atom. The van der Waals surface area contributed by atoms with Crippen LogP contribution >= 0.6 is 0 Å². The summed E-state index contributed by atoms with van der Waals surface area (Å²) in [6, 6.07) is 0. The van der Waals surface area contributed by atoms with Crippen molar-refractivity contribution in [1.29, 1.82) is 0 Å². The van der Waals surface area contributed by atoms with Gasteiger partial charge in [-0.05, 0) is 45.3 Å². The smallest absolute Gasteiger partial charge is 0.305 e. The van der Waals surface area contributed by atoms with Crippen molar-refractivity contribution >= 4 is 14.3 Å². The predicted octanol–water partition coefficient (Wildman–Crippen LogP) is 6.58. The highest BCUT2D eigenvalue weighted by Crippen LogP contribution is 2.16. The second-order valence-corrected chi connectivity index (χ2v) is 12.0. The molecule has 3 nitrogen and oxygen atoms in total. The minimum atomic E-state index is -1.54. The minimum absolute atomic E-state index is 0.100. The lowest BCUT2D eigenvalue weighted by atomic mass is 10.1. The molecule has 0 aliphatic carbocycles. The largest absolute Gasteiger partial charge is 0.469 e. The lowest BCUT2D eigenvalue weighted by molar-refractivity contribution is -0.140. The fourth-order valence-corrected chi connectivity index (χ4v) is 3.69. The number of carbonyl (C=O) groups is 1. The zero-order valence-electron chi connectivity index (χ0n) is 17.6. The van der Waals surface area contributed by atoms with E-state index < -0.39 is 8.32 Å². The van der Waals surface area contributed by atoms with Crippen molar-refractivity contribution in [3.8, 4) is 0 Å². The Hall–Kier alpha value is -1.13. The van der Waals surface area contributed by atoms with Crippen LogP contribution in [0.1, 0.15) is 64.7 Å². The summed E-state index contributed by atoms with van der Waals surface area (Å²) in [6.07, 6.45) is 22.5. The Balaban J connectivity index is 4.11. The molecule has 0 aromatic heterocycles. The average molecular weight is 383 g/mol. The summed E-state index contributed by atoms with van der Waals surface area (Å²) in [6.45, 7) is 8.88. The molecule has 1 atom stereocenters. The molecule has 150 valence electrons. The van der Waals surface area contributed by atoms with E-state index in [1.54, 1.807) is 0 Å². The van der Waals surface area contributed by atoms with Crippen molar-refractivity contribution < 1.29 is 14.0 Å². The zero-order valence-corrected chi connectivity index (χ0v) is 18.6. The van der Waals surface area contributed by atoms with Gasteiger partial charge in [0, 0.05) is 6.42 Å². The topological polar surface area (TPSA) is 35.5 Å². The number of ether oxygens (including phenoxy) is 1. The van der Waals surface area contributed by atoms with Crippen LogP contribution in [-0.2, 0) is 14.0 Å². The maximum absolute atomic E-state index is 11.1. The summed E-state index contributed by atoms with van der Waals surface area (Å²) < 4.78 is 11.0. The molecule has 1 unspecified atom stereocenters. The molecule has 26 heavy (non-hydrogen) atoms. The van der Waals surface area contributed by atoms with Gasteiger partial charge in [0.25, 0.3) is 0 Å². The second-order valence-electron chi connectivity index (χ2n) is 7.58. The molecule has 0 aromatic carbocycles. The molecule has 0 saturated heterocycles. The maximum atomic E-state index is 11.1. The van der Waals surface area contributed by atoms with Gasteiger partial charge in [-0.25, -0.2) is 0 Å². The Morgan fingerprint density at radius 3 is 2.31 bits per heavy atom. The van der Waals surface area contributed by atoms with E-state index in [1.807, 2.05) is 0 Å². The van der Waals surface area contributed by atoms with Gasteiger partial charge < -0.3 is 9.16 Å². The first-order valence-electron chi connectivity index (χ1n) is 10.1. The molecule has 0 rings (SSSR count). The number of esters is 1. The third kappa shape index (κ3) is 17.7. The van der Waals surface area contributed by atoms with E-state index in [9.17, 15) is 4.79 Å². The molecule has 0 radical (unpaired) electrons. The third-order valence-corrected chi connectivity index (χ3v) is 4.86. The van der Waals surface area contributed by atoms with Gasteiger partial charge in [-0.15, -0.1) is 0 Å². The summed E-state index contributed by atoms with van der Waals surface area (Å²) in [7, 11) is -0.0923. The number of unbranched alkanes of at least 4 members (excludes halogenated alkanes) is 4. The van der Waals surface area contributed by atoms with Gasteiger partial charge in [0.05, 0.1) is 13.2 Å². The summed E-state index contributed by atoms with van der Waals surface area (Å²) >= 11 is 0. The minimum Gasteiger partial charge on any atom is -0.469 e. The van der Waals surface area contributed by atoms with Crippen LogP contribution in [0.4, 0.5) is 0 Å². The van der Waals surface area contributed by atoms with Crippen molar-refractivity contribution in [1.82, 2.24) is 0 Å².